The summed E-state index contributed by atoms with van der Waals surface area (Å²) in [6.45, 7) is 0. The van der Waals surface area contributed by atoms with Crippen molar-refractivity contribution in [3.63, 3.8) is 0 Å². The molecule has 0 radical (unpaired) electrons. The van der Waals surface area contributed by atoms with E-state index in [9.17, 15) is 0 Å². The normalized spacial score (nSPS) is 9.47. The van der Waals surface area contributed by atoms with Gasteiger partial charge in [0.25, 0.3) is 0 Å². The van der Waals surface area contributed by atoms with E-state index < -0.39 is 0 Å². The van der Waals surface area contributed by atoms with E-state index >= 15 is 0 Å². The van der Waals surface area contributed by atoms with Crippen LogP contribution in [0.4, 0.5) is 11.4 Å². The minimum Gasteiger partial charge on any atom is -0.353 e. The summed E-state index contributed by atoms with van der Waals surface area (Å²) in [6, 6.07) is 14.4. The molecule has 0 atom stereocenters. The number of nitrogens with one attached hydrogen (secondary N) is 1. The second kappa shape index (κ2) is 5.75. The number of hydrogen-bond acceptors (Lipinski definition) is 3. The van der Waals surface area contributed by atoms with E-state index in [0.29, 0.717) is 27.5 Å². The molecule has 0 heterocycles. The Bertz CT molecular complexity index is 714. The number of nitriles is 2. The number of anilines is 2. The zero-order valence-electron chi connectivity index (χ0n) is 9.61. The van der Waals surface area contributed by atoms with Crippen molar-refractivity contribution in [2.45, 2.75) is 0 Å². The topological polar surface area (TPSA) is 59.6 Å². The van der Waals surface area contributed by atoms with Crippen LogP contribution in [0.15, 0.2) is 40.9 Å². The van der Waals surface area contributed by atoms with Crippen LogP contribution in [0.2, 0.25) is 5.02 Å². The fourth-order valence-electron chi connectivity index (χ4n) is 1.58. The number of benzene rings is 2. The van der Waals surface area contributed by atoms with Gasteiger partial charge >= 0.3 is 0 Å². The van der Waals surface area contributed by atoms with Gasteiger partial charge in [0.2, 0.25) is 0 Å². The highest BCUT2D eigenvalue weighted by molar-refractivity contribution is 9.10. The first-order valence-corrected chi connectivity index (χ1v) is 6.47. The third-order valence-electron chi connectivity index (χ3n) is 2.47. The van der Waals surface area contributed by atoms with E-state index in [1.807, 2.05) is 0 Å². The lowest BCUT2D eigenvalue weighted by atomic mass is 10.1. The van der Waals surface area contributed by atoms with Gasteiger partial charge < -0.3 is 5.32 Å². The Morgan fingerprint density at radius 3 is 2.37 bits per heavy atom. The molecule has 0 saturated heterocycles. The highest BCUT2D eigenvalue weighted by atomic mass is 79.9. The van der Waals surface area contributed by atoms with E-state index in [1.165, 1.54) is 0 Å². The maximum atomic E-state index is 9.08. The van der Waals surface area contributed by atoms with E-state index in [4.69, 9.17) is 22.1 Å². The van der Waals surface area contributed by atoms with Crippen LogP contribution in [0.3, 0.4) is 0 Å². The van der Waals surface area contributed by atoms with Crippen LogP contribution in [-0.4, -0.2) is 0 Å². The van der Waals surface area contributed by atoms with E-state index in [1.54, 1.807) is 36.4 Å². The Labute approximate surface area is 124 Å². The Balaban J connectivity index is 2.45. The Morgan fingerprint density at radius 2 is 1.68 bits per heavy atom. The number of hydrogen-bond donors (Lipinski definition) is 1. The maximum Gasteiger partial charge on any atom is 0.101 e. The average molecular weight is 333 g/mol. The average Bonchev–Trinajstić information content (AvgIpc) is 2.41. The Kier molecular flexibility index (Phi) is 4.06. The zero-order chi connectivity index (χ0) is 13.8. The summed E-state index contributed by atoms with van der Waals surface area (Å²) < 4.78 is 0.849. The Morgan fingerprint density at radius 1 is 0.947 bits per heavy atom. The smallest absolute Gasteiger partial charge is 0.101 e. The first-order chi connectivity index (χ1) is 9.13. The molecule has 0 saturated carbocycles. The van der Waals surface area contributed by atoms with Crippen molar-refractivity contribution >= 4 is 38.9 Å². The van der Waals surface area contributed by atoms with Crippen LogP contribution in [0, 0.1) is 22.7 Å². The third-order valence-corrected chi connectivity index (χ3v) is 3.20. The van der Waals surface area contributed by atoms with Crippen molar-refractivity contribution in [1.29, 1.82) is 10.5 Å². The first kappa shape index (κ1) is 13.4. The van der Waals surface area contributed by atoms with Crippen LogP contribution < -0.4 is 5.32 Å². The third kappa shape index (κ3) is 3.06. The lowest BCUT2D eigenvalue weighted by Gasteiger charge is -2.10. The van der Waals surface area contributed by atoms with Gasteiger partial charge in [-0.1, -0.05) is 27.5 Å². The van der Waals surface area contributed by atoms with Crippen LogP contribution in [-0.2, 0) is 0 Å². The summed E-state index contributed by atoms with van der Waals surface area (Å²) in [5.74, 6) is 0. The van der Waals surface area contributed by atoms with E-state index in [0.717, 1.165) is 4.47 Å². The van der Waals surface area contributed by atoms with Gasteiger partial charge in [0.15, 0.2) is 0 Å². The van der Waals surface area contributed by atoms with Gasteiger partial charge in [-0.15, -0.1) is 0 Å². The van der Waals surface area contributed by atoms with Crippen LogP contribution in [0.5, 0.6) is 0 Å². The van der Waals surface area contributed by atoms with Crippen molar-refractivity contribution in [1.82, 2.24) is 0 Å². The summed E-state index contributed by atoms with van der Waals surface area (Å²) in [6.07, 6.45) is 0. The van der Waals surface area contributed by atoms with Gasteiger partial charge in [0.05, 0.1) is 22.5 Å². The molecule has 0 amide bonds. The van der Waals surface area contributed by atoms with Crippen molar-refractivity contribution in [2.24, 2.45) is 0 Å². The minimum atomic E-state index is 0.427. The quantitative estimate of drug-likeness (QED) is 0.875. The van der Waals surface area contributed by atoms with E-state index in [-0.39, 0.29) is 0 Å². The number of halogens is 2. The second-order valence-electron chi connectivity index (χ2n) is 3.73. The molecule has 19 heavy (non-hydrogen) atoms. The predicted molar refractivity (Wildman–Crippen MR) is 78.3 cm³/mol. The zero-order valence-corrected chi connectivity index (χ0v) is 12.0. The second-order valence-corrected chi connectivity index (χ2v) is 5.08. The Hall–Kier alpha value is -2.01. The van der Waals surface area contributed by atoms with Crippen molar-refractivity contribution in [3.05, 3.63) is 57.0 Å². The van der Waals surface area contributed by atoms with Crippen molar-refractivity contribution in [2.75, 3.05) is 5.32 Å². The summed E-state index contributed by atoms with van der Waals surface area (Å²) in [7, 11) is 0. The molecular formula is C14H7BrClN3. The molecule has 0 aliphatic rings. The molecule has 2 aromatic carbocycles. The maximum absolute atomic E-state index is 9.08. The molecular weight excluding hydrogens is 326 g/mol. The monoisotopic (exact) mass is 331 g/mol. The molecule has 0 bridgehead atoms. The molecule has 0 aliphatic carbocycles. The summed E-state index contributed by atoms with van der Waals surface area (Å²) >= 11 is 9.19. The fraction of sp³-hybridized carbons (Fsp3) is 0. The highest BCUT2D eigenvalue weighted by Crippen LogP contribution is 2.27. The van der Waals surface area contributed by atoms with Crippen LogP contribution in [0.1, 0.15) is 11.1 Å². The molecule has 92 valence electrons. The first-order valence-electron chi connectivity index (χ1n) is 5.30. The van der Waals surface area contributed by atoms with Crippen LogP contribution in [0.25, 0.3) is 0 Å². The van der Waals surface area contributed by atoms with E-state index in [2.05, 4.69) is 33.4 Å². The summed E-state index contributed by atoms with van der Waals surface area (Å²) in [5.41, 5.74) is 2.18. The predicted octanol–water partition coefficient (Wildman–Crippen LogP) is 4.59. The molecule has 0 aromatic heterocycles. The van der Waals surface area contributed by atoms with Gasteiger partial charge in [-0.2, -0.15) is 10.5 Å². The van der Waals surface area contributed by atoms with Crippen molar-refractivity contribution in [3.8, 4) is 12.1 Å². The largest absolute Gasteiger partial charge is 0.353 e. The van der Waals surface area contributed by atoms with Crippen LogP contribution >= 0.6 is 27.5 Å². The number of rotatable bonds is 2. The van der Waals surface area contributed by atoms with Gasteiger partial charge in [-0.3, -0.25) is 0 Å². The number of nitrogens with zero attached hydrogens (tertiary/aromatic N) is 2. The van der Waals surface area contributed by atoms with Gasteiger partial charge in [0, 0.05) is 9.50 Å². The van der Waals surface area contributed by atoms with Gasteiger partial charge in [-0.25, -0.2) is 0 Å². The standard InChI is InChI=1S/C14H7BrClN3/c15-11-2-1-9(7-17)14(6-11)19-13-4-3-12(16)5-10(13)8-18/h1-6,19H. The minimum absolute atomic E-state index is 0.427. The molecule has 0 fully saturated rings. The summed E-state index contributed by atoms with van der Waals surface area (Å²) in [5, 5.41) is 21.7. The molecule has 2 rings (SSSR count). The van der Waals surface area contributed by atoms with Gasteiger partial charge in [0.1, 0.15) is 12.1 Å². The molecule has 0 spiro atoms. The summed E-state index contributed by atoms with van der Waals surface area (Å²) in [4.78, 5) is 0. The fourth-order valence-corrected chi connectivity index (χ4v) is 2.11. The molecule has 0 aliphatic heterocycles. The lowest BCUT2D eigenvalue weighted by Crippen LogP contribution is -1.96. The molecule has 2 aromatic rings. The molecule has 0 unspecified atom stereocenters. The molecule has 1 N–H and O–H groups in total. The highest BCUT2D eigenvalue weighted by Gasteiger charge is 2.07. The lowest BCUT2D eigenvalue weighted by molar-refractivity contribution is 1.43. The van der Waals surface area contributed by atoms with Gasteiger partial charge in [-0.05, 0) is 36.4 Å². The molecule has 3 nitrogen and oxygen atoms in total. The SMILES string of the molecule is N#Cc1cc(Cl)ccc1Nc1cc(Br)ccc1C#N. The molecule has 5 heteroatoms. The van der Waals surface area contributed by atoms with Crippen molar-refractivity contribution < 1.29 is 0 Å².